The van der Waals surface area contributed by atoms with Crippen molar-refractivity contribution in [2.45, 2.75) is 32.7 Å². The van der Waals surface area contributed by atoms with Crippen LogP contribution in [0.4, 0.5) is 5.95 Å². The molecule has 8 heteroatoms. The number of benzene rings is 1. The van der Waals surface area contributed by atoms with Crippen LogP contribution in [0.1, 0.15) is 31.0 Å². The first kappa shape index (κ1) is 22.0. The molecule has 1 atom stereocenters. The molecule has 0 amide bonds. The normalized spacial score (nSPS) is 16.8. The summed E-state index contributed by atoms with van der Waals surface area (Å²) in [6.45, 7) is 7.21. The van der Waals surface area contributed by atoms with E-state index < -0.39 is 0 Å². The predicted molar refractivity (Wildman–Crippen MR) is 115 cm³/mol. The molecule has 1 aromatic carbocycles. The number of β-amino-alcohol motifs (C(OH)–C–C–N with tert-alkyl or cyclic N) is 1. The molecule has 8 nitrogen and oxygen atoms in total. The SMILES string of the molecule is C#Cc1ccc(-c2nnc(N[C@@H]3CCCN(CCO)C3)nc2C)c(OCOCC)c1. The molecular weight excluding hydrogens is 382 g/mol. The number of hydrogen-bond acceptors (Lipinski definition) is 8. The van der Waals surface area contributed by atoms with Crippen LogP contribution in [0.2, 0.25) is 0 Å². The summed E-state index contributed by atoms with van der Waals surface area (Å²) >= 11 is 0. The minimum Gasteiger partial charge on any atom is -0.467 e. The zero-order valence-electron chi connectivity index (χ0n) is 17.6. The molecule has 2 N–H and O–H groups in total. The Balaban J connectivity index is 1.77. The van der Waals surface area contributed by atoms with Gasteiger partial charge in [0.05, 0.1) is 12.3 Å². The second-order valence-corrected chi connectivity index (χ2v) is 7.19. The Labute approximate surface area is 177 Å². The van der Waals surface area contributed by atoms with Crippen molar-refractivity contribution in [1.82, 2.24) is 20.1 Å². The molecule has 1 aliphatic rings. The quantitative estimate of drug-likeness (QED) is 0.368. The van der Waals surface area contributed by atoms with Gasteiger partial charge in [0.15, 0.2) is 6.79 Å². The number of anilines is 1. The third-order valence-corrected chi connectivity index (χ3v) is 5.02. The fourth-order valence-corrected chi connectivity index (χ4v) is 3.53. The summed E-state index contributed by atoms with van der Waals surface area (Å²) < 4.78 is 11.1. The third kappa shape index (κ3) is 5.66. The molecule has 0 bridgehead atoms. The number of aliphatic hydroxyl groups excluding tert-OH is 1. The molecule has 160 valence electrons. The number of nitrogens with zero attached hydrogens (tertiary/aromatic N) is 4. The summed E-state index contributed by atoms with van der Waals surface area (Å²) in [5.41, 5.74) is 2.86. The van der Waals surface area contributed by atoms with Crippen molar-refractivity contribution >= 4 is 5.95 Å². The third-order valence-electron chi connectivity index (χ3n) is 5.02. The van der Waals surface area contributed by atoms with E-state index in [2.05, 4.69) is 31.3 Å². The highest BCUT2D eigenvalue weighted by molar-refractivity contribution is 5.70. The molecule has 30 heavy (non-hydrogen) atoms. The molecule has 3 rings (SSSR count). The van der Waals surface area contributed by atoms with Gasteiger partial charge in [-0.05, 0) is 51.4 Å². The van der Waals surface area contributed by atoms with E-state index in [1.54, 1.807) is 6.07 Å². The Morgan fingerprint density at radius 2 is 2.23 bits per heavy atom. The van der Waals surface area contributed by atoms with Crippen LogP contribution >= 0.6 is 0 Å². The van der Waals surface area contributed by atoms with E-state index in [1.807, 2.05) is 26.0 Å². The zero-order valence-corrected chi connectivity index (χ0v) is 17.6. The van der Waals surface area contributed by atoms with E-state index in [9.17, 15) is 0 Å². The molecule has 0 saturated carbocycles. The number of aryl methyl sites for hydroxylation is 1. The smallest absolute Gasteiger partial charge is 0.243 e. The van der Waals surface area contributed by atoms with Crippen LogP contribution in [0.15, 0.2) is 18.2 Å². The average Bonchev–Trinajstić information content (AvgIpc) is 2.75. The Bertz CT molecular complexity index is 882. The minimum atomic E-state index is 0.128. The number of aromatic nitrogens is 3. The Kier molecular flexibility index (Phi) is 7.97. The predicted octanol–water partition coefficient (Wildman–Crippen LogP) is 2.07. The number of ether oxygens (including phenoxy) is 2. The number of aliphatic hydroxyl groups is 1. The van der Waals surface area contributed by atoms with Gasteiger partial charge in [0.2, 0.25) is 5.95 Å². The Hall–Kier alpha value is -2.73. The van der Waals surface area contributed by atoms with E-state index in [1.165, 1.54) is 0 Å². The number of likely N-dealkylation sites (tertiary alicyclic amines) is 1. The number of piperidine rings is 1. The van der Waals surface area contributed by atoms with Gasteiger partial charge in [-0.2, -0.15) is 0 Å². The maximum Gasteiger partial charge on any atom is 0.243 e. The Morgan fingerprint density at radius 1 is 1.37 bits per heavy atom. The van der Waals surface area contributed by atoms with Crippen LogP contribution in [-0.4, -0.2) is 70.9 Å². The van der Waals surface area contributed by atoms with Crippen LogP contribution in [0.3, 0.4) is 0 Å². The number of nitrogens with one attached hydrogen (secondary N) is 1. The molecule has 0 spiro atoms. The van der Waals surface area contributed by atoms with Crippen molar-refractivity contribution in [3.05, 3.63) is 29.5 Å². The lowest BCUT2D eigenvalue weighted by Gasteiger charge is -2.32. The Morgan fingerprint density at radius 3 is 2.97 bits per heavy atom. The van der Waals surface area contributed by atoms with E-state index in [0.29, 0.717) is 36.1 Å². The van der Waals surface area contributed by atoms with Crippen molar-refractivity contribution in [2.75, 3.05) is 45.0 Å². The monoisotopic (exact) mass is 411 g/mol. The maximum absolute atomic E-state index is 9.17. The molecule has 0 unspecified atom stereocenters. The summed E-state index contributed by atoms with van der Waals surface area (Å²) in [6, 6.07) is 5.74. The fraction of sp³-hybridized carbons (Fsp3) is 0.500. The molecule has 1 fully saturated rings. The molecule has 0 radical (unpaired) electrons. The lowest BCUT2D eigenvalue weighted by Crippen LogP contribution is -2.43. The molecular formula is C22H29N5O3. The van der Waals surface area contributed by atoms with Gasteiger partial charge in [-0.3, -0.25) is 4.90 Å². The van der Waals surface area contributed by atoms with E-state index in [-0.39, 0.29) is 19.4 Å². The zero-order chi connectivity index (χ0) is 21.3. The van der Waals surface area contributed by atoms with Gasteiger partial charge in [0.1, 0.15) is 11.4 Å². The highest BCUT2D eigenvalue weighted by atomic mass is 16.7. The van der Waals surface area contributed by atoms with Gasteiger partial charge in [-0.25, -0.2) is 4.98 Å². The summed E-state index contributed by atoms with van der Waals surface area (Å²) in [6.07, 6.45) is 7.64. The van der Waals surface area contributed by atoms with Crippen molar-refractivity contribution in [3.63, 3.8) is 0 Å². The van der Waals surface area contributed by atoms with Crippen molar-refractivity contribution in [3.8, 4) is 29.4 Å². The standard InChI is InChI=1S/C22H29N5O3/c1-4-17-8-9-19(20(13-17)30-15-29-5-2)21-16(3)23-22(26-25-21)24-18-7-6-10-27(14-18)11-12-28/h1,8-9,13,18,28H,5-7,10-12,14-15H2,2-3H3,(H,23,24,26)/t18-/m1/s1. The summed E-state index contributed by atoms with van der Waals surface area (Å²) in [5, 5.41) is 21.3. The maximum atomic E-state index is 9.17. The first-order valence-corrected chi connectivity index (χ1v) is 10.3. The van der Waals surface area contributed by atoms with Crippen LogP contribution in [0.5, 0.6) is 5.75 Å². The molecule has 2 heterocycles. The molecule has 1 saturated heterocycles. The van der Waals surface area contributed by atoms with Crippen LogP contribution in [0, 0.1) is 19.3 Å². The first-order valence-electron chi connectivity index (χ1n) is 10.3. The summed E-state index contributed by atoms with van der Waals surface area (Å²) in [5.74, 6) is 3.71. The van der Waals surface area contributed by atoms with Gasteiger partial charge >= 0.3 is 0 Å². The largest absolute Gasteiger partial charge is 0.467 e. The van der Waals surface area contributed by atoms with Crippen LogP contribution in [0.25, 0.3) is 11.3 Å². The second-order valence-electron chi connectivity index (χ2n) is 7.19. The fourth-order valence-electron chi connectivity index (χ4n) is 3.53. The van der Waals surface area contributed by atoms with Gasteiger partial charge in [-0.15, -0.1) is 16.6 Å². The first-order chi connectivity index (χ1) is 14.6. The van der Waals surface area contributed by atoms with E-state index >= 15 is 0 Å². The minimum absolute atomic E-state index is 0.128. The van der Waals surface area contributed by atoms with Gasteiger partial charge in [-0.1, -0.05) is 5.92 Å². The van der Waals surface area contributed by atoms with E-state index in [0.717, 1.165) is 37.2 Å². The van der Waals surface area contributed by atoms with Gasteiger partial charge in [0.25, 0.3) is 0 Å². The van der Waals surface area contributed by atoms with Crippen molar-refractivity contribution in [1.29, 1.82) is 0 Å². The number of hydrogen-bond donors (Lipinski definition) is 2. The van der Waals surface area contributed by atoms with Crippen molar-refractivity contribution in [2.24, 2.45) is 0 Å². The highest BCUT2D eigenvalue weighted by Crippen LogP contribution is 2.31. The average molecular weight is 412 g/mol. The van der Waals surface area contributed by atoms with Crippen LogP contribution < -0.4 is 10.1 Å². The molecule has 1 aliphatic heterocycles. The lowest BCUT2D eigenvalue weighted by molar-refractivity contribution is 0.0227. The number of terminal acetylenes is 1. The number of rotatable bonds is 9. The highest BCUT2D eigenvalue weighted by Gasteiger charge is 2.21. The van der Waals surface area contributed by atoms with Crippen LogP contribution in [-0.2, 0) is 4.74 Å². The van der Waals surface area contributed by atoms with E-state index in [4.69, 9.17) is 21.0 Å². The van der Waals surface area contributed by atoms with Crippen molar-refractivity contribution < 1.29 is 14.6 Å². The summed E-state index contributed by atoms with van der Waals surface area (Å²) in [4.78, 5) is 6.86. The molecule has 2 aromatic rings. The molecule has 0 aliphatic carbocycles. The topological polar surface area (TPSA) is 92.6 Å². The van der Waals surface area contributed by atoms with Gasteiger partial charge < -0.3 is 19.9 Å². The second kappa shape index (κ2) is 10.9. The summed E-state index contributed by atoms with van der Waals surface area (Å²) in [7, 11) is 0. The molecule has 1 aromatic heterocycles. The van der Waals surface area contributed by atoms with Gasteiger partial charge in [0, 0.05) is 36.9 Å². The lowest BCUT2D eigenvalue weighted by atomic mass is 10.1.